The molecule has 0 radical (unpaired) electrons. The molecular weight excluding hydrogens is 259 g/mol. The molecule has 110 valence electrons. The van der Waals surface area contributed by atoms with E-state index in [1.165, 1.54) is 12.1 Å². The number of carbonyl (C=O) groups is 1. The van der Waals surface area contributed by atoms with Crippen LogP contribution in [0.15, 0.2) is 24.3 Å². The first-order valence-corrected chi connectivity index (χ1v) is 6.69. The number of likely N-dealkylation sites (N-methyl/N-ethyl adjacent to an activating group) is 1. The van der Waals surface area contributed by atoms with Gasteiger partial charge in [0.15, 0.2) is 0 Å². The summed E-state index contributed by atoms with van der Waals surface area (Å²) >= 11 is 0. The standard InChI is InChI=1S/C15H21FN2O2/c1-15(9-20-10-15)8-17-14(19)13(18(2)3)11-5-4-6-12(16)7-11/h4-7,13H,8-10H2,1-3H3,(H,17,19)/t13-/m0/s1. The summed E-state index contributed by atoms with van der Waals surface area (Å²) in [7, 11) is 3.62. The van der Waals surface area contributed by atoms with Gasteiger partial charge < -0.3 is 10.1 Å². The fourth-order valence-corrected chi connectivity index (χ4v) is 2.31. The zero-order valence-electron chi connectivity index (χ0n) is 12.1. The van der Waals surface area contributed by atoms with E-state index in [-0.39, 0.29) is 17.1 Å². The van der Waals surface area contributed by atoms with Gasteiger partial charge in [0.05, 0.1) is 13.2 Å². The Balaban J connectivity index is 2.06. The predicted molar refractivity (Wildman–Crippen MR) is 74.8 cm³/mol. The quantitative estimate of drug-likeness (QED) is 0.890. The van der Waals surface area contributed by atoms with Crippen LogP contribution in [-0.2, 0) is 9.53 Å². The van der Waals surface area contributed by atoms with E-state index in [9.17, 15) is 9.18 Å². The maximum Gasteiger partial charge on any atom is 0.241 e. The zero-order valence-corrected chi connectivity index (χ0v) is 12.1. The summed E-state index contributed by atoms with van der Waals surface area (Å²) in [5.74, 6) is -0.449. The van der Waals surface area contributed by atoms with Gasteiger partial charge in [-0.05, 0) is 31.8 Å². The lowest BCUT2D eigenvalue weighted by Gasteiger charge is -2.38. The Hall–Kier alpha value is -1.46. The molecule has 20 heavy (non-hydrogen) atoms. The Morgan fingerprint density at radius 3 is 2.70 bits per heavy atom. The number of ether oxygens (including phenoxy) is 1. The minimum Gasteiger partial charge on any atom is -0.380 e. The van der Waals surface area contributed by atoms with Crippen molar-refractivity contribution in [3.63, 3.8) is 0 Å². The minimum absolute atomic E-state index is 0.0223. The summed E-state index contributed by atoms with van der Waals surface area (Å²) in [6, 6.07) is 5.67. The molecule has 2 rings (SSSR count). The Kier molecular flexibility index (Phi) is 4.40. The highest BCUT2D eigenvalue weighted by atomic mass is 19.1. The molecule has 1 saturated heterocycles. The van der Waals surface area contributed by atoms with Crippen molar-refractivity contribution < 1.29 is 13.9 Å². The van der Waals surface area contributed by atoms with Crippen molar-refractivity contribution in [1.82, 2.24) is 10.2 Å². The lowest BCUT2D eigenvalue weighted by Crippen LogP contribution is -2.50. The van der Waals surface area contributed by atoms with E-state index >= 15 is 0 Å². The van der Waals surface area contributed by atoms with E-state index in [4.69, 9.17) is 4.74 Å². The van der Waals surface area contributed by atoms with Crippen LogP contribution in [0.25, 0.3) is 0 Å². The van der Waals surface area contributed by atoms with Crippen LogP contribution in [-0.4, -0.2) is 44.7 Å². The smallest absolute Gasteiger partial charge is 0.241 e. The van der Waals surface area contributed by atoms with Gasteiger partial charge in [-0.15, -0.1) is 0 Å². The van der Waals surface area contributed by atoms with Gasteiger partial charge in [0, 0.05) is 12.0 Å². The maximum atomic E-state index is 13.3. The summed E-state index contributed by atoms with van der Waals surface area (Å²) < 4.78 is 18.5. The third-order valence-corrected chi connectivity index (χ3v) is 3.52. The van der Waals surface area contributed by atoms with Gasteiger partial charge in [-0.25, -0.2) is 4.39 Å². The molecule has 4 nitrogen and oxygen atoms in total. The van der Waals surface area contributed by atoms with Crippen LogP contribution in [0.1, 0.15) is 18.5 Å². The lowest BCUT2D eigenvalue weighted by molar-refractivity contribution is -0.131. The Labute approximate surface area is 118 Å². The fourth-order valence-electron chi connectivity index (χ4n) is 2.31. The van der Waals surface area contributed by atoms with Crippen molar-refractivity contribution in [2.24, 2.45) is 5.41 Å². The van der Waals surface area contributed by atoms with E-state index in [2.05, 4.69) is 12.2 Å². The highest BCUT2D eigenvalue weighted by molar-refractivity contribution is 5.83. The highest BCUT2D eigenvalue weighted by Gasteiger charge is 2.34. The van der Waals surface area contributed by atoms with Gasteiger partial charge in [-0.1, -0.05) is 19.1 Å². The van der Waals surface area contributed by atoms with Crippen LogP contribution in [0.4, 0.5) is 4.39 Å². The average molecular weight is 280 g/mol. The molecule has 0 unspecified atom stereocenters. The largest absolute Gasteiger partial charge is 0.380 e. The molecule has 1 aromatic rings. The number of nitrogens with zero attached hydrogens (tertiary/aromatic N) is 1. The van der Waals surface area contributed by atoms with Crippen molar-refractivity contribution in [3.05, 3.63) is 35.6 Å². The topological polar surface area (TPSA) is 41.6 Å². The monoisotopic (exact) mass is 280 g/mol. The number of benzene rings is 1. The number of amides is 1. The predicted octanol–water partition coefficient (Wildman–Crippen LogP) is 1.58. The lowest BCUT2D eigenvalue weighted by atomic mass is 9.88. The first kappa shape index (κ1) is 14.9. The molecule has 1 aromatic carbocycles. The van der Waals surface area contributed by atoms with Crippen LogP contribution in [0.2, 0.25) is 0 Å². The summed E-state index contributed by atoms with van der Waals surface area (Å²) in [6.07, 6.45) is 0. The molecule has 0 bridgehead atoms. The fraction of sp³-hybridized carbons (Fsp3) is 0.533. The third-order valence-electron chi connectivity index (χ3n) is 3.52. The van der Waals surface area contributed by atoms with Crippen LogP contribution in [0, 0.1) is 11.2 Å². The van der Waals surface area contributed by atoms with Crippen molar-refractivity contribution in [2.45, 2.75) is 13.0 Å². The van der Waals surface area contributed by atoms with Gasteiger partial charge in [-0.2, -0.15) is 0 Å². The Morgan fingerprint density at radius 1 is 1.50 bits per heavy atom. The first-order valence-electron chi connectivity index (χ1n) is 6.69. The van der Waals surface area contributed by atoms with Gasteiger partial charge in [0.2, 0.25) is 5.91 Å². The maximum absolute atomic E-state index is 13.3. The summed E-state index contributed by atoms with van der Waals surface area (Å²) in [5, 5.41) is 2.94. The van der Waals surface area contributed by atoms with Crippen LogP contribution < -0.4 is 5.32 Å². The second-order valence-electron chi connectivity index (χ2n) is 5.94. The molecule has 0 aliphatic carbocycles. The first-order chi connectivity index (χ1) is 9.41. The number of nitrogens with one attached hydrogen (secondary N) is 1. The van der Waals surface area contributed by atoms with E-state index < -0.39 is 6.04 Å². The molecule has 1 aliphatic rings. The molecule has 1 atom stereocenters. The van der Waals surface area contributed by atoms with Crippen LogP contribution >= 0.6 is 0 Å². The number of hydrogen-bond donors (Lipinski definition) is 1. The zero-order chi connectivity index (χ0) is 14.8. The van der Waals surface area contributed by atoms with Gasteiger partial charge in [0.25, 0.3) is 0 Å². The van der Waals surface area contributed by atoms with Crippen molar-refractivity contribution in [1.29, 1.82) is 0 Å². The molecule has 1 aliphatic heterocycles. The summed E-state index contributed by atoms with van der Waals surface area (Å²) in [4.78, 5) is 14.1. The van der Waals surface area contributed by atoms with E-state index in [0.29, 0.717) is 25.3 Å². The minimum atomic E-state index is -0.490. The number of halogens is 1. The number of hydrogen-bond acceptors (Lipinski definition) is 3. The third kappa shape index (κ3) is 3.35. The average Bonchev–Trinajstić information content (AvgIpc) is 2.34. The SMILES string of the molecule is CN(C)[C@H](C(=O)NCC1(C)COC1)c1cccc(F)c1. The molecule has 5 heteroatoms. The number of carbonyl (C=O) groups excluding carboxylic acids is 1. The van der Waals surface area contributed by atoms with Crippen molar-refractivity contribution in [3.8, 4) is 0 Å². The van der Waals surface area contributed by atoms with E-state index in [1.54, 1.807) is 17.0 Å². The molecule has 1 amide bonds. The molecule has 0 saturated carbocycles. The van der Waals surface area contributed by atoms with Gasteiger partial charge in [0.1, 0.15) is 11.9 Å². The molecule has 1 heterocycles. The van der Waals surface area contributed by atoms with Gasteiger partial charge >= 0.3 is 0 Å². The Morgan fingerprint density at radius 2 is 2.20 bits per heavy atom. The Bertz CT molecular complexity index is 487. The summed E-state index contributed by atoms with van der Waals surface area (Å²) in [6.45, 7) is 3.98. The second-order valence-corrected chi connectivity index (χ2v) is 5.94. The summed E-state index contributed by atoms with van der Waals surface area (Å²) in [5.41, 5.74) is 0.677. The molecular formula is C15H21FN2O2. The van der Waals surface area contributed by atoms with Crippen LogP contribution in [0.5, 0.6) is 0 Å². The van der Waals surface area contributed by atoms with Crippen LogP contribution in [0.3, 0.4) is 0 Å². The second kappa shape index (κ2) is 5.89. The van der Waals surface area contributed by atoms with E-state index in [1.807, 2.05) is 14.1 Å². The molecule has 1 N–H and O–H groups in total. The normalized spacial score (nSPS) is 18.4. The number of rotatable bonds is 5. The highest BCUT2D eigenvalue weighted by Crippen LogP contribution is 2.26. The molecule has 0 spiro atoms. The van der Waals surface area contributed by atoms with Crippen molar-refractivity contribution in [2.75, 3.05) is 33.9 Å². The van der Waals surface area contributed by atoms with Gasteiger partial charge in [-0.3, -0.25) is 9.69 Å². The molecule has 1 fully saturated rings. The van der Waals surface area contributed by atoms with Crippen molar-refractivity contribution >= 4 is 5.91 Å². The van der Waals surface area contributed by atoms with E-state index in [0.717, 1.165) is 0 Å². The molecule has 0 aromatic heterocycles.